The Balaban J connectivity index is 1.37. The summed E-state index contributed by atoms with van der Waals surface area (Å²) in [5.41, 5.74) is 3.92. The van der Waals surface area contributed by atoms with Crippen molar-refractivity contribution in [1.29, 1.82) is 0 Å². The normalized spacial score (nSPS) is 15.8. The van der Waals surface area contributed by atoms with Crippen LogP contribution in [0.25, 0.3) is 0 Å². The number of nitrogens with zero attached hydrogens (tertiary/aromatic N) is 2. The topological polar surface area (TPSA) is 64.8 Å². The summed E-state index contributed by atoms with van der Waals surface area (Å²) in [6.45, 7) is 4.99. The Bertz CT molecular complexity index is 1020. The molecule has 2 heterocycles. The number of carbonyl (C=O) groups excluding carboxylic acids is 1. The maximum atomic E-state index is 13.0. The van der Waals surface area contributed by atoms with Gasteiger partial charge in [-0.05, 0) is 62.1 Å². The number of carbonyl (C=O) groups is 1. The number of rotatable bonds is 7. The Morgan fingerprint density at radius 3 is 2.68 bits per heavy atom. The van der Waals surface area contributed by atoms with Gasteiger partial charge in [0, 0.05) is 6.54 Å². The van der Waals surface area contributed by atoms with E-state index in [9.17, 15) is 4.79 Å². The quantitative estimate of drug-likeness (QED) is 0.550. The molecule has 31 heavy (non-hydrogen) atoms. The van der Waals surface area contributed by atoms with Gasteiger partial charge in [-0.25, -0.2) is 0 Å². The first-order valence-corrected chi connectivity index (χ1v) is 10.6. The van der Waals surface area contributed by atoms with Gasteiger partial charge in [0.2, 0.25) is 5.91 Å². The largest absolute Gasteiger partial charge is 0.497 e. The molecular weight excluding hydrogens is 392 g/mol. The Kier molecular flexibility index (Phi) is 6.26. The molecule has 3 aromatic rings. The lowest BCUT2D eigenvalue weighted by Crippen LogP contribution is -2.31. The van der Waals surface area contributed by atoms with Crippen molar-refractivity contribution >= 4 is 5.91 Å². The second kappa shape index (κ2) is 9.25. The molecule has 1 aliphatic rings. The van der Waals surface area contributed by atoms with Crippen LogP contribution in [-0.4, -0.2) is 29.6 Å². The highest BCUT2D eigenvalue weighted by atomic mass is 16.5. The first kappa shape index (κ1) is 21.0. The fourth-order valence-electron chi connectivity index (χ4n) is 4.10. The minimum atomic E-state index is 0.111. The van der Waals surface area contributed by atoms with Crippen molar-refractivity contribution in [3.63, 3.8) is 0 Å². The van der Waals surface area contributed by atoms with Crippen molar-refractivity contribution in [2.75, 3.05) is 13.7 Å². The van der Waals surface area contributed by atoms with Crippen molar-refractivity contribution in [1.82, 2.24) is 10.1 Å². The predicted molar refractivity (Wildman–Crippen MR) is 117 cm³/mol. The highest BCUT2D eigenvalue weighted by Crippen LogP contribution is 2.34. The van der Waals surface area contributed by atoms with Gasteiger partial charge in [0.15, 0.2) is 0 Å². The van der Waals surface area contributed by atoms with Gasteiger partial charge in [-0.2, -0.15) is 0 Å². The number of amides is 1. The molecule has 0 radical (unpaired) electrons. The highest BCUT2D eigenvalue weighted by Gasteiger charge is 2.30. The van der Waals surface area contributed by atoms with E-state index in [1.807, 2.05) is 61.2 Å². The van der Waals surface area contributed by atoms with Crippen LogP contribution in [0.15, 0.2) is 53.1 Å². The SMILES string of the molecule is COc1cccc(C2CCCN2C(=O)Cc2ccc(OCc3c(C)noc3C)cc2)c1. The van der Waals surface area contributed by atoms with Gasteiger partial charge in [-0.15, -0.1) is 0 Å². The van der Waals surface area contributed by atoms with E-state index in [4.69, 9.17) is 14.0 Å². The van der Waals surface area contributed by atoms with Crippen LogP contribution < -0.4 is 9.47 Å². The lowest BCUT2D eigenvalue weighted by molar-refractivity contribution is -0.131. The van der Waals surface area contributed by atoms with E-state index in [2.05, 4.69) is 11.2 Å². The molecule has 0 spiro atoms. The van der Waals surface area contributed by atoms with Gasteiger partial charge < -0.3 is 18.9 Å². The average Bonchev–Trinajstić information content (AvgIpc) is 3.40. The van der Waals surface area contributed by atoms with Gasteiger partial charge in [0.25, 0.3) is 0 Å². The number of likely N-dealkylation sites (tertiary alicyclic amines) is 1. The summed E-state index contributed by atoms with van der Waals surface area (Å²) < 4.78 is 16.4. The van der Waals surface area contributed by atoms with Crippen LogP contribution in [0, 0.1) is 13.8 Å². The molecule has 1 atom stereocenters. The second-order valence-electron chi connectivity index (χ2n) is 7.93. The number of hydrogen-bond donors (Lipinski definition) is 0. The fraction of sp³-hybridized carbons (Fsp3) is 0.360. The summed E-state index contributed by atoms with van der Waals surface area (Å²) in [6.07, 6.45) is 2.38. The summed E-state index contributed by atoms with van der Waals surface area (Å²) in [5, 5.41) is 3.95. The summed E-state index contributed by atoms with van der Waals surface area (Å²) >= 11 is 0. The first-order valence-electron chi connectivity index (χ1n) is 10.6. The monoisotopic (exact) mass is 420 g/mol. The van der Waals surface area contributed by atoms with Crippen molar-refractivity contribution in [2.24, 2.45) is 0 Å². The standard InChI is InChI=1S/C25H28N2O4/c1-17-23(18(2)31-26-17)16-30-21-11-9-19(10-12-21)14-25(28)27-13-5-8-24(27)20-6-4-7-22(15-20)29-3/h4,6-7,9-12,15,24H,5,8,13-14,16H2,1-3H3. The molecule has 162 valence electrons. The summed E-state index contributed by atoms with van der Waals surface area (Å²) in [5.74, 6) is 2.50. The van der Waals surface area contributed by atoms with Gasteiger partial charge in [0.05, 0.1) is 30.8 Å². The maximum Gasteiger partial charge on any atom is 0.227 e. The van der Waals surface area contributed by atoms with Crippen LogP contribution in [0.2, 0.25) is 0 Å². The molecule has 0 bridgehead atoms. The van der Waals surface area contributed by atoms with Gasteiger partial charge in [0.1, 0.15) is 23.9 Å². The zero-order valence-electron chi connectivity index (χ0n) is 18.3. The number of hydrogen-bond acceptors (Lipinski definition) is 5. The highest BCUT2D eigenvalue weighted by molar-refractivity contribution is 5.79. The Morgan fingerprint density at radius 2 is 1.97 bits per heavy atom. The van der Waals surface area contributed by atoms with E-state index in [0.29, 0.717) is 13.0 Å². The number of aromatic nitrogens is 1. The van der Waals surface area contributed by atoms with E-state index in [-0.39, 0.29) is 11.9 Å². The molecule has 0 saturated carbocycles. The molecule has 1 aromatic heterocycles. The van der Waals surface area contributed by atoms with Gasteiger partial charge in [-0.1, -0.05) is 29.4 Å². The molecular formula is C25H28N2O4. The molecule has 0 aliphatic carbocycles. The third kappa shape index (κ3) is 4.74. The summed E-state index contributed by atoms with van der Waals surface area (Å²) in [7, 11) is 1.67. The maximum absolute atomic E-state index is 13.0. The number of methoxy groups -OCH3 is 1. The van der Waals surface area contributed by atoms with Gasteiger partial charge in [-0.3, -0.25) is 4.79 Å². The Morgan fingerprint density at radius 1 is 1.16 bits per heavy atom. The zero-order valence-corrected chi connectivity index (χ0v) is 18.3. The Hall–Kier alpha value is -3.28. The van der Waals surface area contributed by atoms with Crippen LogP contribution in [0.1, 0.15) is 47.0 Å². The lowest BCUT2D eigenvalue weighted by atomic mass is 10.0. The van der Waals surface area contributed by atoms with E-state index >= 15 is 0 Å². The predicted octanol–water partition coefficient (Wildman–Crippen LogP) is 4.79. The third-order valence-electron chi connectivity index (χ3n) is 5.89. The minimum absolute atomic E-state index is 0.111. The lowest BCUT2D eigenvalue weighted by Gasteiger charge is -2.25. The molecule has 1 amide bonds. The molecule has 1 aliphatic heterocycles. The fourth-order valence-corrected chi connectivity index (χ4v) is 4.10. The van der Waals surface area contributed by atoms with Gasteiger partial charge >= 0.3 is 0 Å². The van der Waals surface area contributed by atoms with E-state index < -0.39 is 0 Å². The van der Waals surface area contributed by atoms with E-state index in [1.54, 1.807) is 7.11 Å². The molecule has 1 unspecified atom stereocenters. The van der Waals surface area contributed by atoms with E-state index in [0.717, 1.165) is 59.0 Å². The summed E-state index contributed by atoms with van der Waals surface area (Å²) in [6, 6.07) is 15.9. The summed E-state index contributed by atoms with van der Waals surface area (Å²) in [4.78, 5) is 15.0. The minimum Gasteiger partial charge on any atom is -0.497 e. The molecule has 4 rings (SSSR count). The van der Waals surface area contributed by atoms with Crippen LogP contribution in [0.3, 0.4) is 0 Å². The average molecular weight is 421 g/mol. The molecule has 0 N–H and O–H groups in total. The second-order valence-corrected chi connectivity index (χ2v) is 7.93. The molecule has 1 fully saturated rings. The van der Waals surface area contributed by atoms with Crippen LogP contribution >= 0.6 is 0 Å². The first-order chi connectivity index (χ1) is 15.0. The van der Waals surface area contributed by atoms with Crippen molar-refractivity contribution < 1.29 is 18.8 Å². The molecule has 6 nitrogen and oxygen atoms in total. The van der Waals surface area contributed by atoms with Crippen LogP contribution in [0.4, 0.5) is 0 Å². The number of ether oxygens (including phenoxy) is 2. The smallest absolute Gasteiger partial charge is 0.227 e. The molecule has 1 saturated heterocycles. The van der Waals surface area contributed by atoms with Crippen molar-refractivity contribution in [3.8, 4) is 11.5 Å². The number of aryl methyl sites for hydroxylation is 2. The molecule has 6 heteroatoms. The van der Waals surface area contributed by atoms with Crippen molar-refractivity contribution in [2.45, 2.75) is 45.8 Å². The van der Waals surface area contributed by atoms with Crippen molar-refractivity contribution in [3.05, 3.63) is 76.7 Å². The molecule has 2 aromatic carbocycles. The number of benzene rings is 2. The zero-order chi connectivity index (χ0) is 21.8. The Labute approximate surface area is 182 Å². The third-order valence-corrected chi connectivity index (χ3v) is 5.89. The van der Waals surface area contributed by atoms with Crippen LogP contribution in [-0.2, 0) is 17.8 Å². The van der Waals surface area contributed by atoms with E-state index in [1.165, 1.54) is 0 Å². The van der Waals surface area contributed by atoms with Crippen LogP contribution in [0.5, 0.6) is 11.5 Å².